The molecule has 7 heteroatoms. The Morgan fingerprint density at radius 3 is 2.62 bits per heavy atom. The lowest BCUT2D eigenvalue weighted by Gasteiger charge is -2.09. The van der Waals surface area contributed by atoms with Crippen molar-refractivity contribution in [2.24, 2.45) is 0 Å². The summed E-state index contributed by atoms with van der Waals surface area (Å²) in [7, 11) is 0. The van der Waals surface area contributed by atoms with Crippen molar-refractivity contribution in [2.45, 2.75) is 6.92 Å². The Hall–Kier alpha value is -2.47. The van der Waals surface area contributed by atoms with E-state index >= 15 is 0 Å². The highest BCUT2D eigenvalue weighted by Gasteiger charge is 2.24. The van der Waals surface area contributed by atoms with Crippen LogP contribution in [-0.4, -0.2) is 10.8 Å². The molecule has 0 unspecified atom stereocenters. The van der Waals surface area contributed by atoms with E-state index in [4.69, 9.17) is 11.6 Å². The lowest BCUT2D eigenvalue weighted by Crippen LogP contribution is -2.15. The second kappa shape index (κ2) is 5.88. The SMILES string of the molecule is Cc1c(F)cccc1NC(=O)c1cccc(Cl)c1[N+](=O)[O-]. The third-order valence-corrected chi connectivity index (χ3v) is 3.23. The van der Waals surface area contributed by atoms with Crippen LogP contribution < -0.4 is 5.32 Å². The van der Waals surface area contributed by atoms with E-state index in [0.717, 1.165) is 0 Å². The maximum Gasteiger partial charge on any atom is 0.300 e. The molecule has 0 aliphatic rings. The van der Waals surface area contributed by atoms with Gasteiger partial charge in [0.05, 0.1) is 4.92 Å². The minimum atomic E-state index is -0.727. The van der Waals surface area contributed by atoms with Crippen molar-refractivity contribution >= 4 is 28.9 Å². The van der Waals surface area contributed by atoms with Crippen molar-refractivity contribution in [3.63, 3.8) is 0 Å². The summed E-state index contributed by atoms with van der Waals surface area (Å²) in [5.41, 5.74) is -0.174. The molecule has 0 aliphatic carbocycles. The number of nitro groups is 1. The molecule has 2 aromatic rings. The fraction of sp³-hybridized carbons (Fsp3) is 0.0714. The lowest BCUT2D eigenvalue weighted by molar-refractivity contribution is -0.385. The highest BCUT2D eigenvalue weighted by atomic mass is 35.5. The van der Waals surface area contributed by atoms with Gasteiger partial charge in [-0.1, -0.05) is 23.7 Å². The van der Waals surface area contributed by atoms with E-state index in [2.05, 4.69) is 5.32 Å². The monoisotopic (exact) mass is 308 g/mol. The number of halogens is 2. The van der Waals surface area contributed by atoms with E-state index in [1.54, 1.807) is 0 Å². The number of anilines is 1. The number of carbonyl (C=O) groups is 1. The van der Waals surface area contributed by atoms with Crippen LogP contribution in [0.5, 0.6) is 0 Å². The van der Waals surface area contributed by atoms with Crippen LogP contribution in [0.2, 0.25) is 5.02 Å². The maximum atomic E-state index is 13.4. The van der Waals surface area contributed by atoms with E-state index < -0.39 is 22.3 Å². The molecule has 21 heavy (non-hydrogen) atoms. The first-order valence-electron chi connectivity index (χ1n) is 5.91. The maximum absolute atomic E-state index is 13.4. The topological polar surface area (TPSA) is 72.2 Å². The van der Waals surface area contributed by atoms with Gasteiger partial charge >= 0.3 is 5.69 Å². The molecule has 0 fully saturated rings. The van der Waals surface area contributed by atoms with Crippen LogP contribution >= 0.6 is 11.6 Å². The first kappa shape index (κ1) is 14.9. The van der Waals surface area contributed by atoms with Gasteiger partial charge in [0.15, 0.2) is 0 Å². The number of para-hydroxylation sites is 1. The van der Waals surface area contributed by atoms with Gasteiger partial charge in [0.2, 0.25) is 0 Å². The number of amides is 1. The molecule has 1 N–H and O–H groups in total. The van der Waals surface area contributed by atoms with Crippen LogP contribution in [0, 0.1) is 22.9 Å². The zero-order chi connectivity index (χ0) is 15.6. The zero-order valence-corrected chi connectivity index (χ0v) is 11.6. The minimum Gasteiger partial charge on any atom is -0.321 e. The van der Waals surface area contributed by atoms with Crippen molar-refractivity contribution in [3.8, 4) is 0 Å². The highest BCUT2D eigenvalue weighted by Crippen LogP contribution is 2.29. The summed E-state index contributed by atoms with van der Waals surface area (Å²) in [6.45, 7) is 1.50. The van der Waals surface area contributed by atoms with Crippen molar-refractivity contribution in [2.75, 3.05) is 5.32 Å². The molecular formula is C14H10ClFN2O3. The molecule has 0 spiro atoms. The molecule has 2 aromatic carbocycles. The molecule has 5 nitrogen and oxygen atoms in total. The van der Waals surface area contributed by atoms with E-state index in [0.29, 0.717) is 0 Å². The van der Waals surface area contributed by atoms with Crippen LogP contribution in [0.4, 0.5) is 15.8 Å². The third-order valence-electron chi connectivity index (χ3n) is 2.93. The molecule has 0 aliphatic heterocycles. The number of rotatable bonds is 3. The predicted octanol–water partition coefficient (Wildman–Crippen LogP) is 3.95. The Morgan fingerprint density at radius 1 is 1.29 bits per heavy atom. The Labute approximate surface area is 124 Å². The molecule has 2 rings (SSSR count). The van der Waals surface area contributed by atoms with Gasteiger partial charge in [-0.15, -0.1) is 0 Å². The molecular weight excluding hydrogens is 299 g/mol. The van der Waals surface area contributed by atoms with Gasteiger partial charge in [-0.05, 0) is 31.2 Å². The molecule has 1 amide bonds. The van der Waals surface area contributed by atoms with Gasteiger partial charge in [-0.25, -0.2) is 4.39 Å². The number of carbonyl (C=O) groups excluding carboxylic acids is 1. The molecule has 0 radical (unpaired) electrons. The standard InChI is InChI=1S/C14H10ClFN2O3/c1-8-11(16)6-3-7-12(8)17-14(19)9-4-2-5-10(15)13(9)18(20)21/h2-7H,1H3,(H,17,19). The number of nitro benzene ring substituents is 1. The number of benzene rings is 2. The summed E-state index contributed by atoms with van der Waals surface area (Å²) in [4.78, 5) is 22.4. The van der Waals surface area contributed by atoms with Gasteiger partial charge in [0.1, 0.15) is 16.4 Å². The van der Waals surface area contributed by atoms with Gasteiger partial charge in [0, 0.05) is 11.3 Å². The summed E-state index contributed by atoms with van der Waals surface area (Å²) in [5.74, 6) is -1.20. The fourth-order valence-electron chi connectivity index (χ4n) is 1.82. The zero-order valence-electron chi connectivity index (χ0n) is 10.9. The molecule has 0 saturated heterocycles. The van der Waals surface area contributed by atoms with Crippen LogP contribution in [0.15, 0.2) is 36.4 Å². The summed E-state index contributed by atoms with van der Waals surface area (Å²) < 4.78 is 13.4. The summed E-state index contributed by atoms with van der Waals surface area (Å²) in [6, 6.07) is 8.24. The average molecular weight is 309 g/mol. The normalized spacial score (nSPS) is 10.2. The molecule has 108 valence electrons. The summed E-state index contributed by atoms with van der Waals surface area (Å²) in [6.07, 6.45) is 0. The van der Waals surface area contributed by atoms with Crippen LogP contribution in [-0.2, 0) is 0 Å². The van der Waals surface area contributed by atoms with Gasteiger partial charge in [-0.2, -0.15) is 0 Å². The van der Waals surface area contributed by atoms with E-state index in [-0.39, 0.29) is 21.8 Å². The molecule has 0 heterocycles. The predicted molar refractivity (Wildman–Crippen MR) is 77.2 cm³/mol. The largest absolute Gasteiger partial charge is 0.321 e. The van der Waals surface area contributed by atoms with Gasteiger partial charge in [0.25, 0.3) is 5.91 Å². The highest BCUT2D eigenvalue weighted by molar-refractivity contribution is 6.33. The van der Waals surface area contributed by atoms with Crippen molar-refractivity contribution in [1.29, 1.82) is 0 Å². The number of hydrogen-bond acceptors (Lipinski definition) is 3. The van der Waals surface area contributed by atoms with Gasteiger partial charge in [-0.3, -0.25) is 14.9 Å². The van der Waals surface area contributed by atoms with Crippen molar-refractivity contribution in [3.05, 3.63) is 68.5 Å². The van der Waals surface area contributed by atoms with E-state index in [9.17, 15) is 19.3 Å². The quantitative estimate of drug-likeness (QED) is 0.689. The molecule has 0 aromatic heterocycles. The Kier molecular flexibility index (Phi) is 4.18. The van der Waals surface area contributed by atoms with Crippen molar-refractivity contribution in [1.82, 2.24) is 0 Å². The molecule has 0 atom stereocenters. The Morgan fingerprint density at radius 2 is 1.95 bits per heavy atom. The fourth-order valence-corrected chi connectivity index (χ4v) is 2.06. The smallest absolute Gasteiger partial charge is 0.300 e. The molecule has 0 bridgehead atoms. The third kappa shape index (κ3) is 3.00. The first-order valence-corrected chi connectivity index (χ1v) is 6.29. The minimum absolute atomic E-state index is 0.136. The second-order valence-corrected chi connectivity index (χ2v) is 4.67. The Bertz CT molecular complexity index is 734. The lowest BCUT2D eigenvalue weighted by atomic mass is 10.1. The van der Waals surface area contributed by atoms with Crippen LogP contribution in [0.25, 0.3) is 0 Å². The first-order chi connectivity index (χ1) is 9.91. The van der Waals surface area contributed by atoms with Crippen molar-refractivity contribution < 1.29 is 14.1 Å². The average Bonchev–Trinajstić information content (AvgIpc) is 2.43. The molecule has 0 saturated carbocycles. The van der Waals surface area contributed by atoms with Crippen LogP contribution in [0.1, 0.15) is 15.9 Å². The number of nitrogens with one attached hydrogen (secondary N) is 1. The van der Waals surface area contributed by atoms with Crippen LogP contribution in [0.3, 0.4) is 0 Å². The number of nitrogens with zero attached hydrogens (tertiary/aromatic N) is 1. The van der Waals surface area contributed by atoms with E-state index in [1.165, 1.54) is 43.3 Å². The summed E-state index contributed by atoms with van der Waals surface area (Å²) in [5, 5.41) is 13.3. The second-order valence-electron chi connectivity index (χ2n) is 4.26. The summed E-state index contributed by atoms with van der Waals surface area (Å²) >= 11 is 5.75. The van der Waals surface area contributed by atoms with E-state index in [1.807, 2.05) is 0 Å². The number of hydrogen-bond donors (Lipinski definition) is 1. The Balaban J connectivity index is 2.40. The van der Waals surface area contributed by atoms with Gasteiger partial charge < -0.3 is 5.32 Å².